The van der Waals surface area contributed by atoms with E-state index in [1.165, 1.54) is 43.7 Å². The van der Waals surface area contributed by atoms with Gasteiger partial charge in [-0.2, -0.15) is 0 Å². The quantitative estimate of drug-likeness (QED) is 0.172. The largest absolute Gasteiger partial charge is 0.309 e. The summed E-state index contributed by atoms with van der Waals surface area (Å²) in [6.07, 6.45) is 0. The Morgan fingerprint density at radius 2 is 0.589 bits per heavy atom. The highest BCUT2D eigenvalue weighted by Gasteiger charge is 2.19. The highest BCUT2D eigenvalue weighted by molar-refractivity contribution is 6.19. The molecule has 3 heterocycles. The summed E-state index contributed by atoms with van der Waals surface area (Å²) in [6, 6.07) is 70.5. The van der Waals surface area contributed by atoms with Crippen LogP contribution in [0.1, 0.15) is 0 Å². The predicted molar refractivity (Wildman–Crippen MR) is 230 cm³/mol. The Balaban J connectivity index is 1.08. The zero-order valence-electron chi connectivity index (χ0n) is 30.3. The second-order valence-electron chi connectivity index (χ2n) is 14.1. The first-order valence-corrected chi connectivity index (χ1v) is 18.9. The van der Waals surface area contributed by atoms with Crippen molar-refractivity contribution in [3.63, 3.8) is 0 Å². The molecule has 0 N–H and O–H groups in total. The summed E-state index contributed by atoms with van der Waals surface area (Å²) in [7, 11) is 0. The van der Waals surface area contributed by atoms with Gasteiger partial charge in [-0.25, -0.2) is 15.0 Å². The number of hydrogen-bond donors (Lipinski definition) is 0. The van der Waals surface area contributed by atoms with Gasteiger partial charge in [-0.05, 0) is 71.8 Å². The maximum absolute atomic E-state index is 4.98. The van der Waals surface area contributed by atoms with E-state index < -0.39 is 0 Å². The lowest BCUT2D eigenvalue weighted by Gasteiger charge is -2.12. The smallest absolute Gasteiger partial charge is 0.164 e. The second kappa shape index (κ2) is 13.0. The molecule has 11 aromatic rings. The van der Waals surface area contributed by atoms with Gasteiger partial charge in [-0.3, -0.25) is 0 Å². The highest BCUT2D eigenvalue weighted by Crippen LogP contribution is 2.40. The van der Waals surface area contributed by atoms with Crippen molar-refractivity contribution in [3.05, 3.63) is 200 Å². The number of benzene rings is 8. The summed E-state index contributed by atoms with van der Waals surface area (Å²) in [5.41, 5.74) is 12.1. The second-order valence-corrected chi connectivity index (χ2v) is 14.1. The molecule has 0 aliphatic heterocycles. The molecule has 0 saturated carbocycles. The summed E-state index contributed by atoms with van der Waals surface area (Å²) in [4.78, 5) is 14.8. The highest BCUT2D eigenvalue weighted by atomic mass is 15.0. The van der Waals surface area contributed by atoms with Crippen LogP contribution in [0.15, 0.2) is 200 Å². The number of fused-ring (bicyclic) bond motifs is 6. The van der Waals surface area contributed by atoms with Gasteiger partial charge in [0, 0.05) is 49.6 Å². The molecule has 0 spiro atoms. The molecule has 0 unspecified atom stereocenters. The molecular formula is C51H33N5. The maximum Gasteiger partial charge on any atom is 0.164 e. The number of aromatic nitrogens is 5. The molecule has 11 rings (SSSR count). The molecule has 0 fully saturated rings. The van der Waals surface area contributed by atoms with Gasteiger partial charge >= 0.3 is 0 Å². The van der Waals surface area contributed by atoms with Crippen molar-refractivity contribution in [1.82, 2.24) is 24.1 Å². The predicted octanol–water partition coefficient (Wildman–Crippen LogP) is 12.7. The van der Waals surface area contributed by atoms with Gasteiger partial charge in [0.05, 0.1) is 22.1 Å². The Morgan fingerprint density at radius 3 is 1.04 bits per heavy atom. The van der Waals surface area contributed by atoms with Gasteiger partial charge in [0.2, 0.25) is 0 Å². The SMILES string of the molecule is c1ccc(-c2ccc(-n3c4ccccc4c4cc5c6ccccc6n(-c6ccc(-c7nc(-c8ccccc8)nc(-c8ccccc8)n7)cc6)c5cc43)cc2)cc1. The summed E-state index contributed by atoms with van der Waals surface area (Å²) >= 11 is 0. The average molecular weight is 716 g/mol. The van der Waals surface area contributed by atoms with Crippen LogP contribution in [0.4, 0.5) is 0 Å². The molecule has 0 saturated heterocycles. The average Bonchev–Trinajstić information content (AvgIpc) is 3.78. The van der Waals surface area contributed by atoms with E-state index in [1.807, 2.05) is 60.7 Å². The Morgan fingerprint density at radius 1 is 0.250 bits per heavy atom. The standard InChI is InChI=1S/C51H33N5/c1-4-14-34(15-5-1)35-24-28-39(29-25-35)55-45-22-12-10-20-41(45)43-32-44-42-21-11-13-23-46(42)56(48(44)33-47(43)55)40-30-26-38(27-31-40)51-53-49(36-16-6-2-7-17-36)52-50(54-51)37-18-8-3-9-19-37/h1-33H. The third kappa shape index (κ3) is 5.29. The third-order valence-corrected chi connectivity index (χ3v) is 10.8. The zero-order chi connectivity index (χ0) is 37.0. The van der Waals surface area contributed by atoms with E-state index >= 15 is 0 Å². The van der Waals surface area contributed by atoms with Gasteiger partial charge in [0.15, 0.2) is 17.5 Å². The number of para-hydroxylation sites is 2. The first-order valence-electron chi connectivity index (χ1n) is 18.9. The fourth-order valence-electron chi connectivity index (χ4n) is 8.12. The summed E-state index contributed by atoms with van der Waals surface area (Å²) in [5.74, 6) is 1.93. The summed E-state index contributed by atoms with van der Waals surface area (Å²) in [6.45, 7) is 0. The van der Waals surface area contributed by atoms with Crippen LogP contribution in [-0.4, -0.2) is 24.1 Å². The minimum absolute atomic E-state index is 0.635. The van der Waals surface area contributed by atoms with Crippen molar-refractivity contribution in [2.24, 2.45) is 0 Å². The summed E-state index contributed by atoms with van der Waals surface area (Å²) < 4.78 is 4.78. The van der Waals surface area contributed by atoms with E-state index in [1.54, 1.807) is 0 Å². The molecule has 0 aliphatic rings. The van der Waals surface area contributed by atoms with Crippen LogP contribution < -0.4 is 0 Å². The lowest BCUT2D eigenvalue weighted by atomic mass is 10.1. The van der Waals surface area contributed by atoms with Crippen molar-refractivity contribution in [3.8, 4) is 56.7 Å². The molecule has 0 amide bonds. The van der Waals surface area contributed by atoms with Gasteiger partial charge in [-0.1, -0.05) is 140 Å². The normalized spacial score (nSPS) is 11.6. The monoisotopic (exact) mass is 715 g/mol. The Bertz CT molecular complexity index is 3140. The fraction of sp³-hybridized carbons (Fsp3) is 0. The molecule has 3 aromatic heterocycles. The van der Waals surface area contributed by atoms with Crippen LogP contribution in [0, 0.1) is 0 Å². The Kier molecular flexibility index (Phi) is 7.42. The first-order chi connectivity index (χ1) is 27.8. The van der Waals surface area contributed by atoms with Crippen LogP contribution in [0.2, 0.25) is 0 Å². The Hall–Kier alpha value is -7.63. The first kappa shape index (κ1) is 31.9. The van der Waals surface area contributed by atoms with Crippen LogP contribution in [0.25, 0.3) is 100 Å². The Labute approximate surface area is 323 Å². The van der Waals surface area contributed by atoms with Gasteiger partial charge in [0.1, 0.15) is 0 Å². The van der Waals surface area contributed by atoms with Gasteiger partial charge in [-0.15, -0.1) is 0 Å². The molecular weight excluding hydrogens is 683 g/mol. The molecule has 5 nitrogen and oxygen atoms in total. The topological polar surface area (TPSA) is 48.5 Å². The van der Waals surface area contributed by atoms with Gasteiger partial charge in [0.25, 0.3) is 0 Å². The van der Waals surface area contributed by atoms with E-state index in [9.17, 15) is 0 Å². The zero-order valence-corrected chi connectivity index (χ0v) is 30.3. The molecule has 0 aliphatic carbocycles. The van der Waals surface area contributed by atoms with E-state index in [2.05, 4.69) is 149 Å². The molecule has 56 heavy (non-hydrogen) atoms. The molecule has 0 atom stereocenters. The summed E-state index contributed by atoms with van der Waals surface area (Å²) in [5, 5.41) is 4.91. The lowest BCUT2D eigenvalue weighted by molar-refractivity contribution is 1.07. The minimum atomic E-state index is 0.635. The van der Waals surface area contributed by atoms with Crippen molar-refractivity contribution >= 4 is 43.6 Å². The van der Waals surface area contributed by atoms with Crippen molar-refractivity contribution in [1.29, 1.82) is 0 Å². The number of hydrogen-bond acceptors (Lipinski definition) is 3. The number of rotatable bonds is 6. The van der Waals surface area contributed by atoms with Crippen molar-refractivity contribution in [2.45, 2.75) is 0 Å². The molecule has 262 valence electrons. The third-order valence-electron chi connectivity index (χ3n) is 10.8. The van der Waals surface area contributed by atoms with Crippen LogP contribution in [0.5, 0.6) is 0 Å². The molecule has 0 bridgehead atoms. The molecule has 0 radical (unpaired) electrons. The van der Waals surface area contributed by atoms with E-state index in [4.69, 9.17) is 15.0 Å². The van der Waals surface area contributed by atoms with Crippen LogP contribution in [-0.2, 0) is 0 Å². The lowest BCUT2D eigenvalue weighted by Crippen LogP contribution is -2.00. The van der Waals surface area contributed by atoms with Crippen LogP contribution in [0.3, 0.4) is 0 Å². The molecule has 5 heteroatoms. The fourth-order valence-corrected chi connectivity index (χ4v) is 8.12. The van der Waals surface area contributed by atoms with Crippen molar-refractivity contribution in [2.75, 3.05) is 0 Å². The van der Waals surface area contributed by atoms with Gasteiger partial charge < -0.3 is 9.13 Å². The van der Waals surface area contributed by atoms with Crippen LogP contribution >= 0.6 is 0 Å². The number of nitrogens with zero attached hydrogens (tertiary/aromatic N) is 5. The van der Waals surface area contributed by atoms with E-state index in [-0.39, 0.29) is 0 Å². The van der Waals surface area contributed by atoms with E-state index in [0.29, 0.717) is 17.5 Å². The minimum Gasteiger partial charge on any atom is -0.309 e. The van der Waals surface area contributed by atoms with E-state index in [0.717, 1.165) is 39.1 Å². The maximum atomic E-state index is 4.98. The van der Waals surface area contributed by atoms with Crippen molar-refractivity contribution < 1.29 is 0 Å². The molecule has 8 aromatic carbocycles.